The van der Waals surface area contributed by atoms with Gasteiger partial charge in [-0.2, -0.15) is 0 Å². The molecule has 4 N–H and O–H groups in total. The van der Waals surface area contributed by atoms with Gasteiger partial charge in [0.2, 0.25) is 0 Å². The van der Waals surface area contributed by atoms with Crippen molar-refractivity contribution in [2.24, 2.45) is 5.84 Å². The van der Waals surface area contributed by atoms with Crippen molar-refractivity contribution in [3.8, 4) is 0 Å². The van der Waals surface area contributed by atoms with Crippen molar-refractivity contribution in [1.82, 2.24) is 5.43 Å². The van der Waals surface area contributed by atoms with Crippen LogP contribution >= 0.6 is 0 Å². The summed E-state index contributed by atoms with van der Waals surface area (Å²) in [5, 5.41) is 3.05. The first-order valence-electron chi connectivity index (χ1n) is 4.35. The van der Waals surface area contributed by atoms with E-state index < -0.39 is 0 Å². The minimum absolute atomic E-state index is 0.244. The van der Waals surface area contributed by atoms with Crippen LogP contribution in [0.3, 0.4) is 0 Å². The summed E-state index contributed by atoms with van der Waals surface area (Å²) >= 11 is 0. The van der Waals surface area contributed by atoms with E-state index in [-0.39, 0.29) is 5.91 Å². The van der Waals surface area contributed by atoms with E-state index >= 15 is 0 Å². The van der Waals surface area contributed by atoms with Gasteiger partial charge in [0.15, 0.2) is 0 Å². The van der Waals surface area contributed by atoms with Gasteiger partial charge < -0.3 is 5.32 Å². The second kappa shape index (κ2) is 3.51. The molecule has 0 spiro atoms. The average Bonchev–Trinajstić information content (AvgIpc) is 2.27. The summed E-state index contributed by atoms with van der Waals surface area (Å²) in [6.07, 6.45) is 2.30. The molecule has 1 aliphatic heterocycles. The number of rotatable bonds is 1. The molecule has 72 valence electrons. The second-order valence-corrected chi connectivity index (χ2v) is 3.12. The highest BCUT2D eigenvalue weighted by Crippen LogP contribution is 2.22. The Morgan fingerprint density at radius 1 is 1.43 bits per heavy atom. The molecule has 1 aliphatic rings. The number of amides is 1. The van der Waals surface area contributed by atoms with Crippen molar-refractivity contribution in [2.75, 3.05) is 5.32 Å². The number of hydrogen-bond acceptors (Lipinski definition) is 3. The van der Waals surface area contributed by atoms with Gasteiger partial charge in [0, 0.05) is 23.9 Å². The maximum absolute atomic E-state index is 11.2. The molecular formula is C10H11N3O. The summed E-state index contributed by atoms with van der Waals surface area (Å²) in [5.41, 5.74) is 4.91. The summed E-state index contributed by atoms with van der Waals surface area (Å²) in [6, 6.07) is 7.86. The molecule has 4 nitrogen and oxygen atoms in total. The molecule has 1 amide bonds. The van der Waals surface area contributed by atoms with Gasteiger partial charge >= 0.3 is 0 Å². The van der Waals surface area contributed by atoms with E-state index in [1.165, 1.54) is 0 Å². The number of carbonyl (C=O) groups is 1. The van der Waals surface area contributed by atoms with E-state index in [4.69, 9.17) is 5.84 Å². The van der Waals surface area contributed by atoms with Crippen molar-refractivity contribution in [2.45, 2.75) is 6.42 Å². The molecule has 1 heterocycles. The van der Waals surface area contributed by atoms with Crippen LogP contribution in [-0.4, -0.2) is 5.91 Å². The second-order valence-electron chi connectivity index (χ2n) is 3.12. The number of para-hydroxylation sites is 1. The number of nitrogens with one attached hydrogen (secondary N) is 2. The maximum atomic E-state index is 11.2. The average molecular weight is 189 g/mol. The summed E-state index contributed by atoms with van der Waals surface area (Å²) < 4.78 is 0. The van der Waals surface area contributed by atoms with E-state index in [2.05, 4.69) is 10.7 Å². The van der Waals surface area contributed by atoms with Crippen LogP contribution in [0.2, 0.25) is 0 Å². The van der Waals surface area contributed by atoms with Crippen molar-refractivity contribution in [3.63, 3.8) is 0 Å². The molecule has 0 unspecified atom stereocenters. The zero-order chi connectivity index (χ0) is 9.97. The molecule has 1 aromatic carbocycles. The number of anilines is 1. The van der Waals surface area contributed by atoms with Crippen molar-refractivity contribution in [3.05, 3.63) is 41.6 Å². The van der Waals surface area contributed by atoms with Crippen LogP contribution in [-0.2, 0) is 11.2 Å². The third kappa shape index (κ3) is 1.47. The first-order valence-corrected chi connectivity index (χ1v) is 4.35. The van der Waals surface area contributed by atoms with Crippen LogP contribution in [0.15, 0.2) is 36.0 Å². The van der Waals surface area contributed by atoms with Crippen molar-refractivity contribution in [1.29, 1.82) is 0 Å². The molecule has 0 saturated carbocycles. The predicted octanol–water partition coefficient (Wildman–Crippen LogP) is 0.528. The summed E-state index contributed by atoms with van der Waals surface area (Å²) in [6.45, 7) is 0. The van der Waals surface area contributed by atoms with Crippen LogP contribution in [0.25, 0.3) is 0 Å². The Hall–Kier alpha value is -1.81. The quantitative estimate of drug-likeness (QED) is 0.343. The van der Waals surface area contributed by atoms with E-state index in [0.717, 1.165) is 11.3 Å². The first kappa shape index (κ1) is 8.77. The van der Waals surface area contributed by atoms with Gasteiger partial charge in [-0.1, -0.05) is 18.2 Å². The number of carbonyl (C=O) groups excluding carboxylic acids is 1. The Labute approximate surface area is 81.8 Å². The fourth-order valence-corrected chi connectivity index (χ4v) is 1.47. The molecule has 0 aliphatic carbocycles. The number of hydrazine groups is 1. The Balaban J connectivity index is 2.25. The van der Waals surface area contributed by atoms with E-state index in [0.29, 0.717) is 12.0 Å². The zero-order valence-corrected chi connectivity index (χ0v) is 7.58. The van der Waals surface area contributed by atoms with Crippen LogP contribution in [0.1, 0.15) is 5.56 Å². The van der Waals surface area contributed by atoms with E-state index in [1.54, 1.807) is 6.20 Å². The molecule has 0 aromatic heterocycles. The SMILES string of the molecule is NNC(=O)C1=CNc2ccccc2C1. The molecule has 0 radical (unpaired) electrons. The lowest BCUT2D eigenvalue weighted by molar-refractivity contribution is -0.117. The third-order valence-corrected chi connectivity index (χ3v) is 2.22. The molecule has 0 saturated heterocycles. The lowest BCUT2D eigenvalue weighted by Gasteiger charge is -2.16. The highest BCUT2D eigenvalue weighted by molar-refractivity contribution is 5.94. The van der Waals surface area contributed by atoms with E-state index in [9.17, 15) is 4.79 Å². The minimum Gasteiger partial charge on any atom is -0.361 e. The molecule has 4 heteroatoms. The highest BCUT2D eigenvalue weighted by atomic mass is 16.2. The molecule has 14 heavy (non-hydrogen) atoms. The number of nitrogens with two attached hydrogens (primary N) is 1. The number of hydrogen-bond donors (Lipinski definition) is 3. The number of fused-ring (bicyclic) bond motifs is 1. The lowest BCUT2D eigenvalue weighted by atomic mass is 10.0. The third-order valence-electron chi connectivity index (χ3n) is 2.22. The van der Waals surface area contributed by atoms with Gasteiger partial charge in [0.1, 0.15) is 0 Å². The van der Waals surface area contributed by atoms with Gasteiger partial charge in [-0.05, 0) is 11.6 Å². The van der Waals surface area contributed by atoms with Gasteiger partial charge in [-0.15, -0.1) is 0 Å². The normalized spacial score (nSPS) is 13.6. The Kier molecular flexibility index (Phi) is 2.20. The van der Waals surface area contributed by atoms with Gasteiger partial charge in [0.05, 0.1) is 0 Å². The molecule has 0 atom stereocenters. The minimum atomic E-state index is -0.244. The first-order chi connectivity index (χ1) is 6.81. The molecule has 0 bridgehead atoms. The Morgan fingerprint density at radius 3 is 3.00 bits per heavy atom. The predicted molar refractivity (Wildman–Crippen MR) is 54.2 cm³/mol. The van der Waals surface area contributed by atoms with Gasteiger partial charge in [-0.3, -0.25) is 10.2 Å². The van der Waals surface area contributed by atoms with Crippen molar-refractivity contribution < 1.29 is 4.79 Å². The number of benzene rings is 1. The fraction of sp³-hybridized carbons (Fsp3) is 0.100. The highest BCUT2D eigenvalue weighted by Gasteiger charge is 2.14. The topological polar surface area (TPSA) is 67.1 Å². The summed E-state index contributed by atoms with van der Waals surface area (Å²) in [4.78, 5) is 11.2. The van der Waals surface area contributed by atoms with Gasteiger partial charge in [-0.25, -0.2) is 5.84 Å². The lowest BCUT2D eigenvalue weighted by Crippen LogP contribution is -2.33. The summed E-state index contributed by atoms with van der Waals surface area (Å²) in [7, 11) is 0. The largest absolute Gasteiger partial charge is 0.361 e. The summed E-state index contributed by atoms with van der Waals surface area (Å²) in [5.74, 6) is 4.81. The van der Waals surface area contributed by atoms with Crippen LogP contribution in [0, 0.1) is 0 Å². The maximum Gasteiger partial charge on any atom is 0.262 e. The van der Waals surface area contributed by atoms with Crippen LogP contribution < -0.4 is 16.6 Å². The Bertz CT molecular complexity index is 398. The molecule has 2 rings (SSSR count). The molecule has 1 aromatic rings. The smallest absolute Gasteiger partial charge is 0.262 e. The zero-order valence-electron chi connectivity index (χ0n) is 7.58. The standard InChI is InChI=1S/C10H11N3O/c11-13-10(14)8-5-7-3-1-2-4-9(7)12-6-8/h1-4,6,12H,5,11H2,(H,13,14). The fourth-order valence-electron chi connectivity index (χ4n) is 1.47. The van der Waals surface area contributed by atoms with Crippen LogP contribution in [0.5, 0.6) is 0 Å². The molecule has 0 fully saturated rings. The van der Waals surface area contributed by atoms with Crippen molar-refractivity contribution >= 4 is 11.6 Å². The monoisotopic (exact) mass is 189 g/mol. The molecular weight excluding hydrogens is 178 g/mol. The Morgan fingerprint density at radius 2 is 2.21 bits per heavy atom. The van der Waals surface area contributed by atoms with Gasteiger partial charge in [0.25, 0.3) is 5.91 Å². The van der Waals surface area contributed by atoms with Crippen LogP contribution in [0.4, 0.5) is 5.69 Å². The van der Waals surface area contributed by atoms with E-state index in [1.807, 2.05) is 24.3 Å².